The lowest BCUT2D eigenvalue weighted by atomic mass is 9.77. The van der Waals surface area contributed by atoms with Crippen LogP contribution < -0.4 is 10.1 Å². The van der Waals surface area contributed by atoms with E-state index in [0.29, 0.717) is 24.5 Å². The molecule has 2 heterocycles. The minimum atomic E-state index is -1.03. The third-order valence-corrected chi connectivity index (χ3v) is 6.36. The van der Waals surface area contributed by atoms with Crippen LogP contribution in [0, 0.1) is 0 Å². The molecule has 0 bridgehead atoms. The van der Waals surface area contributed by atoms with E-state index >= 15 is 0 Å². The van der Waals surface area contributed by atoms with Crippen LogP contribution in [0.15, 0.2) is 47.6 Å². The Bertz CT molecular complexity index is 948. The molecule has 3 N–H and O–H groups in total. The maximum atomic E-state index is 13.2. The summed E-state index contributed by atoms with van der Waals surface area (Å²) in [5.74, 6) is -0.429. The molecule has 1 aromatic carbocycles. The Morgan fingerprint density at radius 1 is 1.27 bits per heavy atom. The number of nitrogens with zero attached hydrogens (tertiary/aromatic N) is 1. The van der Waals surface area contributed by atoms with Crippen LogP contribution in [0.5, 0.6) is 5.75 Å². The van der Waals surface area contributed by atoms with Crippen molar-refractivity contribution in [3.05, 3.63) is 53.1 Å². The molecule has 1 fully saturated rings. The monoisotopic (exact) mass is 456 g/mol. The number of aliphatic hydroxyl groups is 2. The van der Waals surface area contributed by atoms with E-state index in [0.717, 1.165) is 24.0 Å². The number of amides is 2. The number of rotatable bonds is 7. The van der Waals surface area contributed by atoms with Gasteiger partial charge in [-0.3, -0.25) is 9.59 Å². The average Bonchev–Trinajstić information content (AvgIpc) is 3.44. The quantitative estimate of drug-likeness (QED) is 0.534. The molecule has 0 aromatic heterocycles. The molecule has 2 amide bonds. The smallest absolute Gasteiger partial charge is 0.247 e. The number of hydrogen-bond acceptors (Lipinski definition) is 6. The molecule has 1 saturated heterocycles. The van der Waals surface area contributed by atoms with E-state index in [2.05, 4.69) is 5.32 Å². The van der Waals surface area contributed by atoms with E-state index in [1.165, 1.54) is 6.08 Å². The van der Waals surface area contributed by atoms with Gasteiger partial charge in [-0.15, -0.1) is 0 Å². The molecule has 1 aromatic rings. The second-order valence-electron chi connectivity index (χ2n) is 9.03. The van der Waals surface area contributed by atoms with Crippen molar-refractivity contribution >= 4 is 11.8 Å². The van der Waals surface area contributed by atoms with Gasteiger partial charge in [0.05, 0.1) is 24.7 Å². The number of carbonyl (C=O) groups is 2. The summed E-state index contributed by atoms with van der Waals surface area (Å²) in [6, 6.07) is 6.66. The third kappa shape index (κ3) is 4.83. The molecule has 33 heavy (non-hydrogen) atoms. The van der Waals surface area contributed by atoms with E-state index in [1.54, 1.807) is 11.0 Å². The van der Waals surface area contributed by atoms with Crippen LogP contribution in [-0.4, -0.2) is 77.6 Å². The summed E-state index contributed by atoms with van der Waals surface area (Å²) in [5.41, 5.74) is 2.10. The zero-order valence-corrected chi connectivity index (χ0v) is 19.1. The molecule has 0 saturated carbocycles. The van der Waals surface area contributed by atoms with Crippen molar-refractivity contribution in [2.24, 2.45) is 0 Å². The Hall–Kier alpha value is -2.68. The van der Waals surface area contributed by atoms with Crippen LogP contribution in [0.3, 0.4) is 0 Å². The van der Waals surface area contributed by atoms with E-state index in [1.807, 2.05) is 38.1 Å². The van der Waals surface area contributed by atoms with Crippen LogP contribution in [-0.2, 0) is 14.3 Å². The van der Waals surface area contributed by atoms with Gasteiger partial charge in [0.2, 0.25) is 11.8 Å². The SMILES string of the molecule is CC(C)=CC(=O)N(C[C@@H]1CCCO1)[C@@H]1C=C(C(=O)NCCO)[C@@H]2c3ccccc3O[C@@H]2[C@H]1O. The molecule has 0 radical (unpaired) electrons. The standard InChI is InChI=1S/C25H32N2O6/c1-15(2)12-21(29)27(14-16-6-5-11-32-16)19-13-18(25(31)26-9-10-28)22-17-7-3-4-8-20(17)33-24(22)23(19)30/h3-4,7-8,12-13,16,19,22-24,28,30H,5-6,9-11,14H2,1-2H3,(H,26,31)/t16-,19+,22-,23-,24-/m0/s1. The number of allylic oxidation sites excluding steroid dienone is 1. The van der Waals surface area contributed by atoms with Gasteiger partial charge in [-0.25, -0.2) is 0 Å². The van der Waals surface area contributed by atoms with Crippen molar-refractivity contribution in [3.63, 3.8) is 0 Å². The van der Waals surface area contributed by atoms with Gasteiger partial charge in [0.15, 0.2) is 0 Å². The zero-order chi connectivity index (χ0) is 23.5. The minimum absolute atomic E-state index is 0.111. The fourth-order valence-corrected chi connectivity index (χ4v) is 4.89. The number of nitrogens with one attached hydrogen (secondary N) is 1. The summed E-state index contributed by atoms with van der Waals surface area (Å²) < 4.78 is 11.9. The molecule has 2 aliphatic heterocycles. The van der Waals surface area contributed by atoms with Gasteiger partial charge in [-0.2, -0.15) is 0 Å². The Morgan fingerprint density at radius 3 is 2.76 bits per heavy atom. The van der Waals surface area contributed by atoms with Crippen LogP contribution in [0.25, 0.3) is 0 Å². The highest BCUT2D eigenvalue weighted by molar-refractivity contribution is 5.96. The van der Waals surface area contributed by atoms with Crippen LogP contribution >= 0.6 is 0 Å². The lowest BCUT2D eigenvalue weighted by molar-refractivity contribution is -0.134. The summed E-state index contributed by atoms with van der Waals surface area (Å²) in [4.78, 5) is 27.9. The zero-order valence-electron chi connectivity index (χ0n) is 19.1. The van der Waals surface area contributed by atoms with Crippen molar-refractivity contribution in [3.8, 4) is 5.75 Å². The maximum Gasteiger partial charge on any atom is 0.247 e. The van der Waals surface area contributed by atoms with Crippen LogP contribution in [0.1, 0.15) is 38.2 Å². The van der Waals surface area contributed by atoms with E-state index in [4.69, 9.17) is 9.47 Å². The largest absolute Gasteiger partial charge is 0.486 e. The van der Waals surface area contributed by atoms with Gasteiger partial charge >= 0.3 is 0 Å². The fraction of sp³-hybridized carbons (Fsp3) is 0.520. The van der Waals surface area contributed by atoms with Crippen molar-refractivity contribution in [1.82, 2.24) is 10.2 Å². The summed E-state index contributed by atoms with van der Waals surface area (Å²) in [5, 5.41) is 23.3. The number of para-hydroxylation sites is 1. The van der Waals surface area contributed by atoms with E-state index in [-0.39, 0.29) is 31.1 Å². The number of carbonyl (C=O) groups excluding carboxylic acids is 2. The lowest BCUT2D eigenvalue weighted by Gasteiger charge is -2.41. The van der Waals surface area contributed by atoms with E-state index in [9.17, 15) is 19.8 Å². The van der Waals surface area contributed by atoms with Gasteiger partial charge in [0.1, 0.15) is 18.0 Å². The minimum Gasteiger partial charge on any atom is -0.486 e. The Morgan fingerprint density at radius 2 is 2.06 bits per heavy atom. The summed E-state index contributed by atoms with van der Waals surface area (Å²) in [6.45, 7) is 4.58. The van der Waals surface area contributed by atoms with E-state index < -0.39 is 24.2 Å². The molecular weight excluding hydrogens is 424 g/mol. The maximum absolute atomic E-state index is 13.2. The Kier molecular flexibility index (Phi) is 7.17. The van der Waals surface area contributed by atoms with Crippen molar-refractivity contribution in [1.29, 1.82) is 0 Å². The first-order chi connectivity index (χ1) is 15.9. The third-order valence-electron chi connectivity index (χ3n) is 6.36. The molecule has 0 spiro atoms. The molecule has 178 valence electrons. The van der Waals surface area contributed by atoms with Crippen molar-refractivity contribution in [2.45, 2.75) is 57.0 Å². The second-order valence-corrected chi connectivity index (χ2v) is 9.03. The average molecular weight is 457 g/mol. The van der Waals surface area contributed by atoms with Gasteiger partial charge < -0.3 is 29.9 Å². The summed E-state index contributed by atoms with van der Waals surface area (Å²) >= 11 is 0. The van der Waals surface area contributed by atoms with Crippen LogP contribution in [0.2, 0.25) is 0 Å². The molecule has 8 heteroatoms. The fourth-order valence-electron chi connectivity index (χ4n) is 4.89. The van der Waals surface area contributed by atoms with Crippen LogP contribution in [0.4, 0.5) is 0 Å². The van der Waals surface area contributed by atoms with Crippen molar-refractivity contribution < 1.29 is 29.3 Å². The summed E-state index contributed by atoms with van der Waals surface area (Å²) in [7, 11) is 0. The lowest BCUT2D eigenvalue weighted by Crippen LogP contribution is -2.56. The molecular formula is C25H32N2O6. The Balaban J connectivity index is 1.74. The number of hydrogen-bond donors (Lipinski definition) is 3. The number of aliphatic hydroxyl groups excluding tert-OH is 2. The first-order valence-corrected chi connectivity index (χ1v) is 11.5. The van der Waals surface area contributed by atoms with Gasteiger partial charge in [0.25, 0.3) is 0 Å². The number of fused-ring (bicyclic) bond motifs is 3. The first kappa shape index (κ1) is 23.5. The molecule has 0 unspecified atom stereocenters. The highest BCUT2D eigenvalue weighted by atomic mass is 16.5. The Labute approximate surface area is 193 Å². The number of benzene rings is 1. The predicted octanol–water partition coefficient (Wildman–Crippen LogP) is 1.28. The molecule has 3 aliphatic rings. The highest BCUT2D eigenvalue weighted by Crippen LogP contribution is 2.47. The van der Waals surface area contributed by atoms with Gasteiger partial charge in [-0.1, -0.05) is 23.8 Å². The van der Waals surface area contributed by atoms with Gasteiger partial charge in [-0.05, 0) is 38.8 Å². The topological polar surface area (TPSA) is 108 Å². The number of ether oxygens (including phenoxy) is 2. The van der Waals surface area contributed by atoms with Gasteiger partial charge in [0, 0.05) is 36.9 Å². The molecule has 1 aliphatic carbocycles. The molecule has 4 rings (SSSR count). The first-order valence-electron chi connectivity index (χ1n) is 11.5. The second kappa shape index (κ2) is 10.1. The normalized spacial score (nSPS) is 27.6. The predicted molar refractivity (Wildman–Crippen MR) is 122 cm³/mol. The summed E-state index contributed by atoms with van der Waals surface area (Å²) in [6.07, 6.45) is 3.13. The molecule has 8 nitrogen and oxygen atoms in total. The van der Waals surface area contributed by atoms with Crippen molar-refractivity contribution in [2.75, 3.05) is 26.3 Å². The molecule has 5 atom stereocenters. The highest BCUT2D eigenvalue weighted by Gasteiger charge is 2.50.